The topological polar surface area (TPSA) is 63.1 Å². The molecule has 1 aliphatic rings. The molecule has 146 valence electrons. The second-order valence-electron chi connectivity index (χ2n) is 7.15. The Morgan fingerprint density at radius 1 is 1.00 bits per heavy atom. The fraction of sp³-hybridized carbons (Fsp3) is 0.227. The Bertz CT molecular complexity index is 1160. The van der Waals surface area contributed by atoms with Crippen molar-refractivity contribution in [1.82, 2.24) is 14.8 Å². The van der Waals surface area contributed by atoms with Gasteiger partial charge in [0.05, 0.1) is 34.2 Å². The van der Waals surface area contributed by atoms with Gasteiger partial charge in [-0.3, -0.25) is 9.78 Å². The van der Waals surface area contributed by atoms with Gasteiger partial charge in [0.25, 0.3) is 5.91 Å². The van der Waals surface area contributed by atoms with Gasteiger partial charge in [0.1, 0.15) is 5.00 Å². The molecule has 29 heavy (non-hydrogen) atoms. The summed E-state index contributed by atoms with van der Waals surface area (Å²) in [5.74, 6) is -0.121. The Balaban J connectivity index is 1.39. The molecule has 1 fully saturated rings. The highest BCUT2D eigenvalue weighted by atomic mass is 32.1. The van der Waals surface area contributed by atoms with Crippen LogP contribution in [0.4, 0.5) is 11.4 Å². The molecule has 0 radical (unpaired) electrons. The average Bonchev–Trinajstić information content (AvgIpc) is 3.42. The minimum atomic E-state index is -0.121. The Kier molecular flexibility index (Phi) is 4.73. The molecule has 1 saturated heterocycles. The number of nitrogens with one attached hydrogen (secondary N) is 1. The highest BCUT2D eigenvalue weighted by molar-refractivity contribution is 7.16. The number of carbonyl (C=O) groups excluding carboxylic acids is 1. The number of anilines is 2. The van der Waals surface area contributed by atoms with Gasteiger partial charge < -0.3 is 10.2 Å². The first-order valence-corrected chi connectivity index (χ1v) is 10.6. The number of thiophene rings is 1. The van der Waals surface area contributed by atoms with E-state index in [1.165, 1.54) is 30.6 Å². The SMILES string of the molecule is O=C(Nc1cnccc1N1CCCCC1)c1ccc(-n2ncc3ccccc32)s1. The van der Waals surface area contributed by atoms with Gasteiger partial charge in [-0.25, -0.2) is 4.68 Å². The molecule has 0 spiro atoms. The van der Waals surface area contributed by atoms with E-state index in [1.54, 1.807) is 12.4 Å². The number of pyridine rings is 1. The minimum absolute atomic E-state index is 0.121. The maximum absolute atomic E-state index is 12.9. The van der Waals surface area contributed by atoms with Crippen LogP contribution in [0.5, 0.6) is 0 Å². The lowest BCUT2D eigenvalue weighted by Gasteiger charge is -2.30. The van der Waals surface area contributed by atoms with Crippen LogP contribution < -0.4 is 10.2 Å². The van der Waals surface area contributed by atoms with Crippen molar-refractivity contribution in [2.75, 3.05) is 23.3 Å². The van der Waals surface area contributed by atoms with E-state index in [2.05, 4.69) is 20.3 Å². The Labute approximate surface area is 172 Å². The summed E-state index contributed by atoms with van der Waals surface area (Å²) in [7, 11) is 0. The van der Waals surface area contributed by atoms with E-state index in [-0.39, 0.29) is 5.91 Å². The van der Waals surface area contributed by atoms with Crippen molar-refractivity contribution in [1.29, 1.82) is 0 Å². The summed E-state index contributed by atoms with van der Waals surface area (Å²) >= 11 is 1.43. The van der Waals surface area contributed by atoms with Crippen LogP contribution >= 0.6 is 11.3 Å². The summed E-state index contributed by atoms with van der Waals surface area (Å²) in [4.78, 5) is 20.1. The van der Waals surface area contributed by atoms with Crippen LogP contribution in [0.25, 0.3) is 15.9 Å². The van der Waals surface area contributed by atoms with Gasteiger partial charge in [-0.05, 0) is 43.5 Å². The molecule has 5 rings (SSSR count). The number of piperidine rings is 1. The van der Waals surface area contributed by atoms with Gasteiger partial charge in [-0.15, -0.1) is 11.3 Å². The molecule has 1 aromatic carbocycles. The fourth-order valence-corrected chi connectivity index (χ4v) is 4.66. The molecule has 0 bridgehead atoms. The zero-order valence-electron chi connectivity index (χ0n) is 15.9. The number of amides is 1. The summed E-state index contributed by atoms with van der Waals surface area (Å²) in [6.07, 6.45) is 8.99. The third-order valence-electron chi connectivity index (χ3n) is 5.24. The van der Waals surface area contributed by atoms with Crippen LogP contribution in [0, 0.1) is 0 Å². The third-order valence-corrected chi connectivity index (χ3v) is 6.30. The van der Waals surface area contributed by atoms with Gasteiger partial charge in [-0.2, -0.15) is 5.10 Å². The number of aromatic nitrogens is 3. The Hall–Kier alpha value is -3.19. The molecule has 7 heteroatoms. The lowest BCUT2D eigenvalue weighted by atomic mass is 10.1. The summed E-state index contributed by atoms with van der Waals surface area (Å²) < 4.78 is 1.88. The number of para-hydroxylation sites is 1. The van der Waals surface area contributed by atoms with Crippen LogP contribution in [0.1, 0.15) is 28.9 Å². The molecule has 4 aromatic rings. The maximum Gasteiger partial charge on any atom is 0.265 e. The first-order valence-electron chi connectivity index (χ1n) is 9.83. The van der Waals surface area contributed by atoms with E-state index < -0.39 is 0 Å². The molecule has 1 N–H and O–H groups in total. The molecular formula is C22H21N5OS. The summed E-state index contributed by atoms with van der Waals surface area (Å²) in [6, 6.07) is 13.8. The van der Waals surface area contributed by atoms with Gasteiger partial charge in [0, 0.05) is 24.7 Å². The molecule has 3 aromatic heterocycles. The van der Waals surface area contributed by atoms with Crippen LogP contribution in [0.3, 0.4) is 0 Å². The molecule has 4 heterocycles. The van der Waals surface area contributed by atoms with Gasteiger partial charge in [0.15, 0.2) is 0 Å². The largest absolute Gasteiger partial charge is 0.370 e. The third kappa shape index (κ3) is 3.49. The monoisotopic (exact) mass is 403 g/mol. The van der Waals surface area contributed by atoms with Crippen LogP contribution in [0.15, 0.2) is 61.1 Å². The molecule has 0 unspecified atom stereocenters. The van der Waals surface area contributed by atoms with E-state index in [1.807, 2.05) is 53.3 Å². The molecule has 1 aliphatic heterocycles. The first-order chi connectivity index (χ1) is 14.3. The molecular weight excluding hydrogens is 382 g/mol. The second kappa shape index (κ2) is 7.67. The summed E-state index contributed by atoms with van der Waals surface area (Å²) in [5.41, 5.74) is 2.84. The first kappa shape index (κ1) is 17.9. The standard InChI is InChI=1S/C22H21N5OS/c28-22(25-17-15-23-11-10-19(17)26-12-4-1-5-13-26)20-8-9-21(29-20)27-18-7-3-2-6-16(18)14-24-27/h2-3,6-11,14-15H,1,4-5,12-13H2,(H,25,28). The van der Waals surface area contributed by atoms with E-state index in [0.29, 0.717) is 4.88 Å². The molecule has 6 nitrogen and oxygen atoms in total. The zero-order chi connectivity index (χ0) is 19.6. The van der Waals surface area contributed by atoms with Gasteiger partial charge in [-0.1, -0.05) is 18.2 Å². The minimum Gasteiger partial charge on any atom is -0.370 e. The summed E-state index contributed by atoms with van der Waals surface area (Å²) in [5, 5.41) is 9.53. The number of hydrogen-bond donors (Lipinski definition) is 1. The molecule has 0 aliphatic carbocycles. The van der Waals surface area contributed by atoms with Crippen LogP contribution in [-0.2, 0) is 0 Å². The van der Waals surface area contributed by atoms with Crippen LogP contribution in [0.2, 0.25) is 0 Å². The number of benzene rings is 1. The molecule has 0 atom stereocenters. The molecule has 0 saturated carbocycles. The second-order valence-corrected chi connectivity index (χ2v) is 8.21. The number of rotatable bonds is 4. The van der Waals surface area contributed by atoms with Crippen molar-refractivity contribution < 1.29 is 4.79 Å². The average molecular weight is 404 g/mol. The van der Waals surface area contributed by atoms with Crippen molar-refractivity contribution in [3.8, 4) is 5.00 Å². The van der Waals surface area contributed by atoms with Gasteiger partial charge >= 0.3 is 0 Å². The van der Waals surface area contributed by atoms with Crippen molar-refractivity contribution in [2.45, 2.75) is 19.3 Å². The van der Waals surface area contributed by atoms with Crippen molar-refractivity contribution in [2.24, 2.45) is 0 Å². The normalized spacial score (nSPS) is 14.3. The highest BCUT2D eigenvalue weighted by Gasteiger charge is 2.18. The lowest BCUT2D eigenvalue weighted by molar-refractivity contribution is 0.103. The van der Waals surface area contributed by atoms with E-state index in [4.69, 9.17) is 0 Å². The van der Waals surface area contributed by atoms with Gasteiger partial charge in [0.2, 0.25) is 0 Å². The molecule has 1 amide bonds. The van der Waals surface area contributed by atoms with E-state index in [9.17, 15) is 4.79 Å². The zero-order valence-corrected chi connectivity index (χ0v) is 16.7. The number of nitrogens with zero attached hydrogens (tertiary/aromatic N) is 4. The quantitative estimate of drug-likeness (QED) is 0.535. The number of carbonyl (C=O) groups is 1. The predicted octanol–water partition coefficient (Wildman–Crippen LogP) is 4.72. The maximum atomic E-state index is 12.9. The summed E-state index contributed by atoms with van der Waals surface area (Å²) in [6.45, 7) is 2.03. The van der Waals surface area contributed by atoms with E-state index in [0.717, 1.165) is 40.4 Å². The van der Waals surface area contributed by atoms with Crippen LogP contribution in [-0.4, -0.2) is 33.8 Å². The van der Waals surface area contributed by atoms with Crippen molar-refractivity contribution >= 4 is 39.5 Å². The number of fused-ring (bicyclic) bond motifs is 1. The Morgan fingerprint density at radius 3 is 2.76 bits per heavy atom. The predicted molar refractivity (Wildman–Crippen MR) is 117 cm³/mol. The number of hydrogen-bond acceptors (Lipinski definition) is 5. The van der Waals surface area contributed by atoms with Crippen molar-refractivity contribution in [3.05, 3.63) is 65.9 Å². The fourth-order valence-electron chi connectivity index (χ4n) is 3.79. The van der Waals surface area contributed by atoms with E-state index >= 15 is 0 Å². The lowest BCUT2D eigenvalue weighted by Crippen LogP contribution is -2.30. The highest BCUT2D eigenvalue weighted by Crippen LogP contribution is 2.29. The smallest absolute Gasteiger partial charge is 0.265 e. The van der Waals surface area contributed by atoms with Crippen molar-refractivity contribution in [3.63, 3.8) is 0 Å². The Morgan fingerprint density at radius 2 is 1.86 bits per heavy atom.